The van der Waals surface area contributed by atoms with Crippen LogP contribution in [0.3, 0.4) is 0 Å². The van der Waals surface area contributed by atoms with Gasteiger partial charge in [-0.05, 0) is 31.9 Å². The number of thiophene rings is 1. The fourth-order valence-corrected chi connectivity index (χ4v) is 3.26. The quantitative estimate of drug-likeness (QED) is 0.779. The Hall–Kier alpha value is -1.18. The van der Waals surface area contributed by atoms with E-state index in [-0.39, 0.29) is 10.1 Å². The lowest BCUT2D eigenvalue weighted by Gasteiger charge is -2.04. The van der Waals surface area contributed by atoms with E-state index in [2.05, 4.69) is 5.32 Å². The van der Waals surface area contributed by atoms with Crippen LogP contribution in [0.1, 0.15) is 25.1 Å². The van der Waals surface area contributed by atoms with E-state index in [0.717, 1.165) is 22.6 Å². The molecule has 0 atom stereocenters. The highest BCUT2D eigenvalue weighted by atomic mass is 32.2. The molecule has 0 saturated carbocycles. The van der Waals surface area contributed by atoms with Crippen LogP contribution in [0, 0.1) is 0 Å². The molecule has 19 heavy (non-hydrogen) atoms. The second-order valence-electron chi connectivity index (χ2n) is 4.07. The Labute approximate surface area is 117 Å². The maximum atomic E-state index is 11.6. The molecule has 3 N–H and O–H groups in total. The van der Waals surface area contributed by atoms with Crippen LogP contribution in [-0.2, 0) is 21.2 Å². The van der Waals surface area contributed by atoms with Crippen molar-refractivity contribution < 1.29 is 13.2 Å². The average molecular weight is 302 g/mol. The molecule has 5 nitrogen and oxygen atoms in total. The summed E-state index contributed by atoms with van der Waals surface area (Å²) < 4.78 is 22.3. The van der Waals surface area contributed by atoms with Gasteiger partial charge < -0.3 is 5.32 Å². The van der Waals surface area contributed by atoms with Crippen LogP contribution in [-0.4, -0.2) is 20.9 Å². The molecule has 0 saturated heterocycles. The van der Waals surface area contributed by atoms with E-state index >= 15 is 0 Å². The third kappa shape index (κ3) is 5.14. The van der Waals surface area contributed by atoms with Crippen LogP contribution in [0.2, 0.25) is 0 Å². The zero-order valence-corrected chi connectivity index (χ0v) is 12.6. The summed E-state index contributed by atoms with van der Waals surface area (Å²) in [7, 11) is -3.62. The van der Waals surface area contributed by atoms with Crippen LogP contribution < -0.4 is 10.5 Å². The summed E-state index contributed by atoms with van der Waals surface area (Å²) >= 11 is 1.13. The van der Waals surface area contributed by atoms with Crippen molar-refractivity contribution in [3.8, 4) is 0 Å². The molecule has 1 aromatic heterocycles. The summed E-state index contributed by atoms with van der Waals surface area (Å²) in [6.07, 6.45) is 3.27. The van der Waals surface area contributed by atoms with Crippen molar-refractivity contribution >= 4 is 27.3 Å². The number of rotatable bonds is 6. The lowest BCUT2D eigenvalue weighted by molar-refractivity contribution is -0.117. The molecule has 0 aliphatic carbocycles. The molecule has 1 rings (SSSR count). The number of carbonyl (C=O) groups is 1. The van der Waals surface area contributed by atoms with E-state index in [1.807, 2.05) is 13.0 Å². The Morgan fingerprint density at radius 2 is 2.16 bits per heavy atom. The minimum Gasteiger partial charge on any atom is -0.352 e. The monoisotopic (exact) mass is 302 g/mol. The number of nitrogens with one attached hydrogen (secondary N) is 1. The highest BCUT2D eigenvalue weighted by Gasteiger charge is 2.11. The molecule has 0 aromatic carbocycles. The summed E-state index contributed by atoms with van der Waals surface area (Å²) in [5.74, 6) is -0.0925. The number of primary sulfonamides is 1. The second-order valence-corrected chi connectivity index (χ2v) is 7.02. The molecule has 7 heteroatoms. The van der Waals surface area contributed by atoms with Gasteiger partial charge in [-0.25, -0.2) is 13.6 Å². The van der Waals surface area contributed by atoms with Gasteiger partial charge in [0.1, 0.15) is 4.21 Å². The normalized spacial score (nSPS) is 12.5. The van der Waals surface area contributed by atoms with Gasteiger partial charge in [0.2, 0.25) is 15.9 Å². The van der Waals surface area contributed by atoms with Crippen LogP contribution in [0.15, 0.2) is 28.0 Å². The lowest BCUT2D eigenvalue weighted by atomic mass is 10.2. The van der Waals surface area contributed by atoms with Crippen molar-refractivity contribution in [3.05, 3.63) is 28.7 Å². The van der Waals surface area contributed by atoms with Gasteiger partial charge in [-0.3, -0.25) is 4.79 Å². The maximum absolute atomic E-state index is 11.6. The molecule has 1 aromatic rings. The number of sulfonamides is 1. The molecule has 0 unspecified atom stereocenters. The van der Waals surface area contributed by atoms with Crippen molar-refractivity contribution in [2.24, 2.45) is 5.14 Å². The summed E-state index contributed by atoms with van der Waals surface area (Å²) in [6.45, 7) is 4.21. The van der Waals surface area contributed by atoms with Crippen LogP contribution in [0.4, 0.5) is 0 Å². The molecular weight excluding hydrogens is 284 g/mol. The third-order valence-electron chi connectivity index (χ3n) is 2.44. The highest BCUT2D eigenvalue weighted by Crippen LogP contribution is 2.20. The van der Waals surface area contributed by atoms with Gasteiger partial charge in [0.05, 0.1) is 0 Å². The molecule has 106 valence electrons. The average Bonchev–Trinajstić information content (AvgIpc) is 2.77. The van der Waals surface area contributed by atoms with Gasteiger partial charge in [-0.1, -0.05) is 13.0 Å². The highest BCUT2D eigenvalue weighted by molar-refractivity contribution is 7.91. The van der Waals surface area contributed by atoms with Gasteiger partial charge in [-0.15, -0.1) is 11.3 Å². The summed E-state index contributed by atoms with van der Waals surface area (Å²) in [4.78, 5) is 12.5. The Morgan fingerprint density at radius 1 is 1.47 bits per heavy atom. The first-order valence-corrected chi connectivity index (χ1v) is 8.27. The van der Waals surface area contributed by atoms with Gasteiger partial charge in [-0.2, -0.15) is 0 Å². The van der Waals surface area contributed by atoms with Crippen LogP contribution in [0.25, 0.3) is 0 Å². The van der Waals surface area contributed by atoms with E-state index in [9.17, 15) is 13.2 Å². The summed E-state index contributed by atoms with van der Waals surface area (Å²) in [5.41, 5.74) is 0.693. The van der Waals surface area contributed by atoms with E-state index in [1.54, 1.807) is 13.0 Å². The number of hydrogen-bond acceptors (Lipinski definition) is 4. The van der Waals surface area contributed by atoms with E-state index in [4.69, 9.17) is 5.14 Å². The van der Waals surface area contributed by atoms with Crippen molar-refractivity contribution in [2.75, 3.05) is 6.54 Å². The predicted octanol–water partition coefficient (Wildman–Crippen LogP) is 1.41. The van der Waals surface area contributed by atoms with Crippen molar-refractivity contribution in [1.82, 2.24) is 5.32 Å². The van der Waals surface area contributed by atoms with Gasteiger partial charge in [0, 0.05) is 17.0 Å². The Morgan fingerprint density at radius 3 is 2.68 bits per heavy atom. The lowest BCUT2D eigenvalue weighted by Crippen LogP contribution is -2.26. The summed E-state index contributed by atoms with van der Waals surface area (Å²) in [6, 6.07) is 3.20. The summed E-state index contributed by atoms with van der Waals surface area (Å²) in [5, 5.41) is 7.81. The molecule has 1 heterocycles. The second kappa shape index (κ2) is 6.83. The Bertz CT molecular complexity index is 574. The molecular formula is C12H18N2O3S2. The number of amides is 1. The van der Waals surface area contributed by atoms with Gasteiger partial charge >= 0.3 is 0 Å². The van der Waals surface area contributed by atoms with E-state index in [1.165, 1.54) is 6.07 Å². The SMILES string of the molecule is CC/C=C(/C)C(=O)NCCc1ccc(S(N)(=O)=O)s1. The fourth-order valence-electron chi connectivity index (χ4n) is 1.48. The molecule has 0 aliphatic rings. The number of carbonyl (C=O) groups excluding carboxylic acids is 1. The smallest absolute Gasteiger partial charge is 0.247 e. The first-order valence-electron chi connectivity index (χ1n) is 5.91. The van der Waals surface area contributed by atoms with Crippen molar-refractivity contribution in [1.29, 1.82) is 0 Å². The van der Waals surface area contributed by atoms with Gasteiger partial charge in [0.15, 0.2) is 0 Å². The van der Waals surface area contributed by atoms with Crippen molar-refractivity contribution in [3.63, 3.8) is 0 Å². The van der Waals surface area contributed by atoms with Crippen molar-refractivity contribution in [2.45, 2.75) is 30.9 Å². The fraction of sp³-hybridized carbons (Fsp3) is 0.417. The molecule has 0 spiro atoms. The van der Waals surface area contributed by atoms with E-state index < -0.39 is 10.0 Å². The molecule has 1 amide bonds. The molecule has 0 aliphatic heterocycles. The first kappa shape index (κ1) is 15.9. The van der Waals surface area contributed by atoms with Gasteiger partial charge in [0.25, 0.3) is 0 Å². The maximum Gasteiger partial charge on any atom is 0.247 e. The standard InChI is InChI=1S/C12H18N2O3S2/c1-3-4-9(2)12(15)14-8-7-10-5-6-11(18-10)19(13,16)17/h4-6H,3,7-8H2,1-2H3,(H,14,15)(H2,13,16,17)/b9-4-. The minimum absolute atomic E-state index is 0.0925. The van der Waals surface area contributed by atoms with Crippen LogP contribution in [0.5, 0.6) is 0 Å². The largest absolute Gasteiger partial charge is 0.352 e. The van der Waals surface area contributed by atoms with E-state index in [0.29, 0.717) is 18.5 Å². The molecule has 0 radical (unpaired) electrons. The predicted molar refractivity (Wildman–Crippen MR) is 76.5 cm³/mol. The number of hydrogen-bond donors (Lipinski definition) is 2. The van der Waals surface area contributed by atoms with Crippen LogP contribution >= 0.6 is 11.3 Å². The molecule has 0 fully saturated rings. The zero-order chi connectivity index (χ0) is 14.5. The number of allylic oxidation sites excluding steroid dienone is 1. The Balaban J connectivity index is 2.48. The third-order valence-corrected chi connectivity index (χ3v) is 5.03. The zero-order valence-electron chi connectivity index (χ0n) is 11.0. The Kier molecular flexibility index (Phi) is 5.71. The topological polar surface area (TPSA) is 89.3 Å². The first-order chi connectivity index (χ1) is 8.84. The molecule has 0 bridgehead atoms. The number of nitrogens with two attached hydrogens (primary N) is 1. The minimum atomic E-state index is -3.62.